The molecule has 0 amide bonds. The zero-order valence-corrected chi connectivity index (χ0v) is 11.8. The highest BCUT2D eigenvalue weighted by molar-refractivity contribution is 5.29. The van der Waals surface area contributed by atoms with Crippen LogP contribution in [0, 0.1) is 12.7 Å². The lowest BCUT2D eigenvalue weighted by atomic mass is 10.0. The molecule has 2 nitrogen and oxygen atoms in total. The van der Waals surface area contributed by atoms with Crippen LogP contribution in [0.1, 0.15) is 38.7 Å². The summed E-state index contributed by atoms with van der Waals surface area (Å²) in [6.45, 7) is 6.03. The van der Waals surface area contributed by atoms with Crippen LogP contribution < -0.4 is 10.1 Å². The Balaban J connectivity index is 2.74. The van der Waals surface area contributed by atoms with Gasteiger partial charge in [0.05, 0.1) is 0 Å². The van der Waals surface area contributed by atoms with E-state index in [9.17, 15) is 4.39 Å². The van der Waals surface area contributed by atoms with Crippen molar-refractivity contribution < 1.29 is 9.13 Å². The van der Waals surface area contributed by atoms with Gasteiger partial charge in [-0.3, -0.25) is 0 Å². The summed E-state index contributed by atoms with van der Waals surface area (Å²) in [6, 6.07) is 5.26. The third kappa shape index (κ3) is 3.98. The first kappa shape index (κ1) is 15.0. The van der Waals surface area contributed by atoms with Gasteiger partial charge in [-0.2, -0.15) is 0 Å². The molecule has 0 spiro atoms. The van der Waals surface area contributed by atoms with E-state index in [1.807, 2.05) is 7.05 Å². The van der Waals surface area contributed by atoms with E-state index in [4.69, 9.17) is 4.74 Å². The Labute approximate surface area is 110 Å². The quantitative estimate of drug-likeness (QED) is 0.800. The van der Waals surface area contributed by atoms with Gasteiger partial charge in [-0.1, -0.05) is 20.3 Å². The maximum Gasteiger partial charge on any atom is 0.126 e. The Morgan fingerprint density at radius 3 is 2.56 bits per heavy atom. The summed E-state index contributed by atoms with van der Waals surface area (Å²) < 4.78 is 19.2. The lowest BCUT2D eigenvalue weighted by Crippen LogP contribution is -2.40. The average Bonchev–Trinajstić information content (AvgIpc) is 2.37. The molecule has 2 atom stereocenters. The first-order valence-electron chi connectivity index (χ1n) is 6.72. The maximum atomic E-state index is 13.2. The molecule has 1 aromatic carbocycles. The summed E-state index contributed by atoms with van der Waals surface area (Å²) in [5.41, 5.74) is 0.624. The number of aryl methyl sites for hydroxylation is 1. The van der Waals surface area contributed by atoms with Gasteiger partial charge in [-0.25, -0.2) is 4.39 Å². The lowest BCUT2D eigenvalue weighted by molar-refractivity contribution is 0.146. The van der Waals surface area contributed by atoms with E-state index >= 15 is 0 Å². The fourth-order valence-corrected chi connectivity index (χ4v) is 2.14. The second-order valence-corrected chi connectivity index (χ2v) is 4.66. The van der Waals surface area contributed by atoms with Crippen LogP contribution in [0.2, 0.25) is 0 Å². The third-order valence-corrected chi connectivity index (χ3v) is 3.24. The van der Waals surface area contributed by atoms with E-state index < -0.39 is 0 Å². The third-order valence-electron chi connectivity index (χ3n) is 3.24. The van der Waals surface area contributed by atoms with Gasteiger partial charge in [-0.05, 0) is 50.6 Å². The van der Waals surface area contributed by atoms with Crippen LogP contribution in [-0.2, 0) is 0 Å². The Kier molecular flexibility index (Phi) is 6.13. The van der Waals surface area contributed by atoms with Crippen molar-refractivity contribution in [3.63, 3.8) is 0 Å². The summed E-state index contributed by atoms with van der Waals surface area (Å²) in [7, 11) is 1.96. The Bertz CT molecular complexity index is 368. The van der Waals surface area contributed by atoms with Crippen molar-refractivity contribution in [3.8, 4) is 5.75 Å². The highest BCUT2D eigenvalue weighted by Crippen LogP contribution is 2.20. The van der Waals surface area contributed by atoms with Gasteiger partial charge in [0.25, 0.3) is 0 Å². The second-order valence-electron chi connectivity index (χ2n) is 4.66. The maximum absolute atomic E-state index is 13.2. The SMILES string of the molecule is CCCC(NC)C(CC)Oc1ccc(F)c(C)c1. The zero-order chi connectivity index (χ0) is 13.5. The van der Waals surface area contributed by atoms with Crippen molar-refractivity contribution in [1.29, 1.82) is 0 Å². The first-order chi connectivity index (χ1) is 8.62. The van der Waals surface area contributed by atoms with Crippen molar-refractivity contribution in [1.82, 2.24) is 5.32 Å². The summed E-state index contributed by atoms with van der Waals surface area (Å²) >= 11 is 0. The second kappa shape index (κ2) is 7.37. The number of rotatable bonds is 7. The molecule has 0 aliphatic rings. The summed E-state index contributed by atoms with van der Waals surface area (Å²) in [5.74, 6) is 0.561. The number of halogens is 1. The van der Waals surface area contributed by atoms with Gasteiger partial charge in [0, 0.05) is 6.04 Å². The highest BCUT2D eigenvalue weighted by atomic mass is 19.1. The molecule has 0 heterocycles. The van der Waals surface area contributed by atoms with E-state index in [1.165, 1.54) is 6.07 Å². The van der Waals surface area contributed by atoms with Crippen molar-refractivity contribution >= 4 is 0 Å². The minimum Gasteiger partial charge on any atom is -0.489 e. The number of hydrogen-bond acceptors (Lipinski definition) is 2. The fourth-order valence-electron chi connectivity index (χ4n) is 2.14. The Morgan fingerprint density at radius 1 is 1.33 bits per heavy atom. The van der Waals surface area contributed by atoms with Crippen LogP contribution >= 0.6 is 0 Å². The molecule has 0 bridgehead atoms. The largest absolute Gasteiger partial charge is 0.489 e. The van der Waals surface area contributed by atoms with Gasteiger partial charge in [0.15, 0.2) is 0 Å². The molecule has 0 saturated heterocycles. The molecule has 102 valence electrons. The summed E-state index contributed by atoms with van der Waals surface area (Å²) in [4.78, 5) is 0. The van der Waals surface area contributed by atoms with Crippen LogP contribution in [0.5, 0.6) is 5.75 Å². The molecule has 1 rings (SSSR count). The van der Waals surface area contributed by atoms with Gasteiger partial charge >= 0.3 is 0 Å². The molecule has 0 saturated carbocycles. The number of hydrogen-bond donors (Lipinski definition) is 1. The van der Waals surface area contributed by atoms with Crippen molar-refractivity contribution in [2.45, 2.75) is 52.2 Å². The lowest BCUT2D eigenvalue weighted by Gasteiger charge is -2.26. The van der Waals surface area contributed by atoms with Crippen molar-refractivity contribution in [2.24, 2.45) is 0 Å². The number of benzene rings is 1. The van der Waals surface area contributed by atoms with Gasteiger partial charge in [0.2, 0.25) is 0 Å². The molecule has 0 aromatic heterocycles. The van der Waals surface area contributed by atoms with Crippen molar-refractivity contribution in [2.75, 3.05) is 7.05 Å². The van der Waals surface area contributed by atoms with E-state index in [0.29, 0.717) is 11.6 Å². The Morgan fingerprint density at radius 2 is 2.06 bits per heavy atom. The Hall–Kier alpha value is -1.09. The smallest absolute Gasteiger partial charge is 0.126 e. The van der Waals surface area contributed by atoms with E-state index in [2.05, 4.69) is 19.2 Å². The summed E-state index contributed by atoms with van der Waals surface area (Å²) in [6.07, 6.45) is 3.25. The number of likely N-dealkylation sites (N-methyl/N-ethyl adjacent to an activating group) is 1. The van der Waals surface area contributed by atoms with Crippen LogP contribution in [0.4, 0.5) is 4.39 Å². The van der Waals surface area contributed by atoms with Gasteiger partial charge in [-0.15, -0.1) is 0 Å². The minimum absolute atomic E-state index is 0.125. The van der Waals surface area contributed by atoms with Crippen LogP contribution in [0.15, 0.2) is 18.2 Å². The van der Waals surface area contributed by atoms with Crippen LogP contribution in [0.3, 0.4) is 0 Å². The van der Waals surface area contributed by atoms with Gasteiger partial charge < -0.3 is 10.1 Å². The van der Waals surface area contributed by atoms with Crippen LogP contribution in [-0.4, -0.2) is 19.2 Å². The molecule has 18 heavy (non-hydrogen) atoms. The first-order valence-corrected chi connectivity index (χ1v) is 6.72. The summed E-state index contributed by atoms with van der Waals surface area (Å²) in [5, 5.41) is 3.30. The minimum atomic E-state index is -0.186. The molecule has 3 heteroatoms. The van der Waals surface area contributed by atoms with E-state index in [-0.39, 0.29) is 11.9 Å². The average molecular weight is 253 g/mol. The molecule has 1 aromatic rings. The molecular formula is C15H24FNO. The predicted octanol–water partition coefficient (Wildman–Crippen LogP) is 3.68. The van der Waals surface area contributed by atoms with E-state index in [1.54, 1.807) is 19.1 Å². The molecule has 0 aliphatic carbocycles. The molecule has 0 fully saturated rings. The zero-order valence-electron chi connectivity index (χ0n) is 11.8. The monoisotopic (exact) mass is 253 g/mol. The topological polar surface area (TPSA) is 21.3 Å². The van der Waals surface area contributed by atoms with E-state index in [0.717, 1.165) is 25.0 Å². The highest BCUT2D eigenvalue weighted by Gasteiger charge is 2.19. The standard InChI is InChI=1S/C15H24FNO/c1-5-7-14(17-4)15(6-2)18-12-8-9-13(16)11(3)10-12/h8-10,14-15,17H,5-7H2,1-4H3. The predicted molar refractivity (Wildman–Crippen MR) is 73.6 cm³/mol. The fraction of sp³-hybridized carbons (Fsp3) is 0.600. The normalized spacial score (nSPS) is 14.3. The van der Waals surface area contributed by atoms with Crippen LogP contribution in [0.25, 0.3) is 0 Å². The molecule has 2 unspecified atom stereocenters. The molecule has 0 aliphatic heterocycles. The van der Waals surface area contributed by atoms with Gasteiger partial charge in [0.1, 0.15) is 17.7 Å². The molecule has 1 N–H and O–H groups in total. The molecule has 0 radical (unpaired) electrons. The number of ether oxygens (including phenoxy) is 1. The number of nitrogens with one attached hydrogen (secondary N) is 1. The molecular weight excluding hydrogens is 229 g/mol. The van der Waals surface area contributed by atoms with Crippen molar-refractivity contribution in [3.05, 3.63) is 29.6 Å².